The highest BCUT2D eigenvalue weighted by atomic mass is 16.2. The predicted molar refractivity (Wildman–Crippen MR) is 80.3 cm³/mol. The predicted octanol–water partition coefficient (Wildman–Crippen LogP) is 1.57. The zero-order valence-electron chi connectivity index (χ0n) is 13.2. The molecule has 0 aliphatic carbocycles. The number of nitrogens with one attached hydrogen (secondary N) is 1. The molecule has 0 bridgehead atoms. The van der Waals surface area contributed by atoms with Gasteiger partial charge in [0.2, 0.25) is 5.91 Å². The molecule has 0 aromatic carbocycles. The standard InChI is InChI=1S/C15H31N3O/c1-15(2,13-17(3)4)12-16-11-14(19)18-9-7-5-6-8-10-18/h16H,5-13H2,1-4H3. The van der Waals surface area contributed by atoms with E-state index in [0.29, 0.717) is 6.54 Å². The highest BCUT2D eigenvalue weighted by Crippen LogP contribution is 2.14. The Morgan fingerprint density at radius 2 is 1.74 bits per heavy atom. The van der Waals surface area contributed by atoms with Crippen LogP contribution >= 0.6 is 0 Å². The normalized spacial score (nSPS) is 17.6. The van der Waals surface area contributed by atoms with Gasteiger partial charge in [-0.15, -0.1) is 0 Å². The van der Waals surface area contributed by atoms with Gasteiger partial charge in [-0.1, -0.05) is 26.7 Å². The minimum absolute atomic E-state index is 0.197. The number of amides is 1. The molecule has 1 N–H and O–H groups in total. The third kappa shape index (κ3) is 6.92. The van der Waals surface area contributed by atoms with Crippen molar-refractivity contribution in [2.75, 3.05) is 46.8 Å². The van der Waals surface area contributed by atoms with Crippen LogP contribution in [0.3, 0.4) is 0 Å². The molecule has 19 heavy (non-hydrogen) atoms. The average Bonchev–Trinajstić information content (AvgIpc) is 2.55. The molecule has 0 saturated carbocycles. The molecule has 0 aromatic heterocycles. The zero-order valence-corrected chi connectivity index (χ0v) is 13.2. The van der Waals surface area contributed by atoms with Crippen LogP contribution in [0, 0.1) is 5.41 Å². The first-order chi connectivity index (χ1) is 8.91. The number of hydrogen-bond donors (Lipinski definition) is 1. The largest absolute Gasteiger partial charge is 0.342 e. The zero-order chi connectivity index (χ0) is 14.3. The molecule has 1 amide bonds. The van der Waals surface area contributed by atoms with Gasteiger partial charge < -0.3 is 15.1 Å². The van der Waals surface area contributed by atoms with Crippen molar-refractivity contribution in [2.45, 2.75) is 39.5 Å². The summed E-state index contributed by atoms with van der Waals surface area (Å²) in [5.41, 5.74) is 0.197. The van der Waals surface area contributed by atoms with Gasteiger partial charge in [0.1, 0.15) is 0 Å². The van der Waals surface area contributed by atoms with Crippen LogP contribution in [0.25, 0.3) is 0 Å². The fourth-order valence-corrected chi connectivity index (χ4v) is 2.85. The Morgan fingerprint density at radius 1 is 1.16 bits per heavy atom. The maximum atomic E-state index is 12.1. The van der Waals surface area contributed by atoms with E-state index in [-0.39, 0.29) is 11.3 Å². The molecular weight excluding hydrogens is 238 g/mol. The van der Waals surface area contributed by atoms with Crippen molar-refractivity contribution in [2.24, 2.45) is 5.41 Å². The van der Waals surface area contributed by atoms with Crippen LogP contribution < -0.4 is 5.32 Å². The second kappa shape index (κ2) is 7.85. The van der Waals surface area contributed by atoms with Crippen LogP contribution in [0.5, 0.6) is 0 Å². The van der Waals surface area contributed by atoms with Crippen LogP contribution in [0.1, 0.15) is 39.5 Å². The first-order valence-electron chi connectivity index (χ1n) is 7.54. The number of nitrogens with zero attached hydrogens (tertiary/aromatic N) is 2. The molecule has 112 valence electrons. The van der Waals surface area contributed by atoms with Gasteiger partial charge in [-0.3, -0.25) is 4.79 Å². The number of carbonyl (C=O) groups is 1. The Kier molecular flexibility index (Phi) is 6.80. The number of hydrogen-bond acceptors (Lipinski definition) is 3. The summed E-state index contributed by atoms with van der Waals surface area (Å²) in [6.07, 6.45) is 4.87. The van der Waals surface area contributed by atoms with Gasteiger partial charge >= 0.3 is 0 Å². The van der Waals surface area contributed by atoms with Crippen molar-refractivity contribution in [3.63, 3.8) is 0 Å². The first-order valence-corrected chi connectivity index (χ1v) is 7.54. The van der Waals surface area contributed by atoms with E-state index >= 15 is 0 Å². The fourth-order valence-electron chi connectivity index (χ4n) is 2.85. The molecule has 4 heteroatoms. The summed E-state index contributed by atoms with van der Waals surface area (Å²) >= 11 is 0. The molecule has 1 aliphatic heterocycles. The Bertz CT molecular complexity index is 269. The molecule has 1 fully saturated rings. The summed E-state index contributed by atoms with van der Waals surface area (Å²) < 4.78 is 0. The fraction of sp³-hybridized carbons (Fsp3) is 0.933. The lowest BCUT2D eigenvalue weighted by Gasteiger charge is -2.29. The molecule has 4 nitrogen and oxygen atoms in total. The lowest BCUT2D eigenvalue weighted by atomic mass is 9.93. The quantitative estimate of drug-likeness (QED) is 0.795. The smallest absolute Gasteiger partial charge is 0.236 e. The van der Waals surface area contributed by atoms with Crippen molar-refractivity contribution in [3.8, 4) is 0 Å². The van der Waals surface area contributed by atoms with Crippen molar-refractivity contribution in [1.82, 2.24) is 15.1 Å². The van der Waals surface area contributed by atoms with Gasteiger partial charge in [-0.05, 0) is 32.4 Å². The van der Waals surface area contributed by atoms with E-state index in [9.17, 15) is 4.79 Å². The molecule has 0 unspecified atom stereocenters. The Balaban J connectivity index is 2.25. The van der Waals surface area contributed by atoms with Gasteiger partial charge in [0.05, 0.1) is 6.54 Å². The van der Waals surface area contributed by atoms with Crippen molar-refractivity contribution >= 4 is 5.91 Å². The molecular formula is C15H31N3O. The van der Waals surface area contributed by atoms with Crippen LogP contribution in [0.2, 0.25) is 0 Å². The maximum Gasteiger partial charge on any atom is 0.236 e. The van der Waals surface area contributed by atoms with E-state index in [0.717, 1.165) is 39.0 Å². The van der Waals surface area contributed by atoms with Gasteiger partial charge in [0.15, 0.2) is 0 Å². The van der Waals surface area contributed by atoms with Gasteiger partial charge in [0.25, 0.3) is 0 Å². The summed E-state index contributed by atoms with van der Waals surface area (Å²) in [7, 11) is 4.17. The summed E-state index contributed by atoms with van der Waals surface area (Å²) in [5.74, 6) is 0.266. The van der Waals surface area contributed by atoms with Crippen LogP contribution in [-0.4, -0.2) is 62.5 Å². The van der Waals surface area contributed by atoms with E-state index in [1.54, 1.807) is 0 Å². The molecule has 0 aromatic rings. The molecule has 1 aliphatic rings. The van der Waals surface area contributed by atoms with Gasteiger partial charge in [-0.2, -0.15) is 0 Å². The number of carbonyl (C=O) groups excluding carboxylic acids is 1. The minimum Gasteiger partial charge on any atom is -0.342 e. The van der Waals surface area contributed by atoms with E-state index in [1.165, 1.54) is 12.8 Å². The Labute approximate surface area is 118 Å². The summed E-state index contributed by atoms with van der Waals surface area (Å²) in [4.78, 5) is 16.3. The third-order valence-corrected chi connectivity index (χ3v) is 3.58. The highest BCUT2D eigenvalue weighted by Gasteiger charge is 2.20. The number of likely N-dealkylation sites (tertiary alicyclic amines) is 1. The third-order valence-electron chi connectivity index (χ3n) is 3.58. The lowest BCUT2D eigenvalue weighted by molar-refractivity contribution is -0.130. The summed E-state index contributed by atoms with van der Waals surface area (Å²) in [6, 6.07) is 0. The topological polar surface area (TPSA) is 35.6 Å². The minimum atomic E-state index is 0.197. The lowest BCUT2D eigenvalue weighted by Crippen LogP contribution is -2.43. The molecule has 0 spiro atoms. The van der Waals surface area contributed by atoms with Crippen molar-refractivity contribution in [1.29, 1.82) is 0 Å². The monoisotopic (exact) mass is 269 g/mol. The summed E-state index contributed by atoms with van der Waals surface area (Å²) in [5, 5.41) is 3.33. The van der Waals surface area contributed by atoms with E-state index in [1.807, 2.05) is 4.90 Å². The second-order valence-corrected chi connectivity index (χ2v) is 6.80. The summed E-state index contributed by atoms with van der Waals surface area (Å²) in [6.45, 7) is 8.75. The van der Waals surface area contributed by atoms with Crippen LogP contribution in [-0.2, 0) is 4.79 Å². The number of rotatable bonds is 6. The van der Waals surface area contributed by atoms with Crippen LogP contribution in [0.15, 0.2) is 0 Å². The average molecular weight is 269 g/mol. The van der Waals surface area contributed by atoms with Gasteiger partial charge in [-0.25, -0.2) is 0 Å². The molecule has 0 radical (unpaired) electrons. The van der Waals surface area contributed by atoms with E-state index in [2.05, 4.69) is 38.2 Å². The Morgan fingerprint density at radius 3 is 2.26 bits per heavy atom. The highest BCUT2D eigenvalue weighted by molar-refractivity contribution is 5.78. The van der Waals surface area contributed by atoms with E-state index < -0.39 is 0 Å². The van der Waals surface area contributed by atoms with Gasteiger partial charge in [0, 0.05) is 26.2 Å². The van der Waals surface area contributed by atoms with Crippen molar-refractivity contribution in [3.05, 3.63) is 0 Å². The second-order valence-electron chi connectivity index (χ2n) is 6.80. The molecule has 0 atom stereocenters. The molecule has 1 saturated heterocycles. The maximum absolute atomic E-state index is 12.1. The molecule has 1 rings (SSSR count). The van der Waals surface area contributed by atoms with Crippen molar-refractivity contribution < 1.29 is 4.79 Å². The molecule has 1 heterocycles. The SMILES string of the molecule is CN(C)CC(C)(C)CNCC(=O)N1CCCCCC1. The Hall–Kier alpha value is -0.610. The van der Waals surface area contributed by atoms with E-state index in [4.69, 9.17) is 0 Å². The van der Waals surface area contributed by atoms with Crippen LogP contribution in [0.4, 0.5) is 0 Å². The first kappa shape index (κ1) is 16.4.